The van der Waals surface area contributed by atoms with E-state index in [4.69, 9.17) is 9.47 Å². The summed E-state index contributed by atoms with van der Waals surface area (Å²) in [6, 6.07) is 0. The van der Waals surface area contributed by atoms with Crippen LogP contribution >= 0.6 is 21.6 Å². The molecule has 7 rings (SSSR count). The maximum absolute atomic E-state index is 14.1. The second-order valence-corrected chi connectivity index (χ2v) is 15.8. The summed E-state index contributed by atoms with van der Waals surface area (Å²) < 4.78 is 12.2. The Bertz CT molecular complexity index is 995. The molecule has 7 fully saturated rings. The summed E-state index contributed by atoms with van der Waals surface area (Å²) in [6.07, 6.45) is 3.49. The van der Waals surface area contributed by atoms with Crippen molar-refractivity contribution in [3.05, 3.63) is 12.2 Å². The van der Waals surface area contributed by atoms with Crippen molar-refractivity contribution in [2.45, 2.75) is 101 Å². The molecule has 10 atom stereocenters. The molecule has 9 heteroatoms. The van der Waals surface area contributed by atoms with Crippen LogP contribution in [0.1, 0.15) is 71.6 Å². The molecule has 0 amide bonds. The first-order chi connectivity index (χ1) is 17.5. The number of unbranched alkanes of at least 4 members (excludes halogenated alkanes) is 1. The SMILES string of the molecule is C=C1C(=O)[C@]23[C@H](OC(=O)CCCCC4CCSS4)[C@H]1CC[C@H]2[C@@]12CO[C@]3(O)[C@@H](O)[C@@H]1C(C)(C)CC[C@@H]2O. The minimum absolute atomic E-state index is 0.0742. The second kappa shape index (κ2) is 8.96. The first-order valence-corrected chi connectivity index (χ1v) is 16.3. The van der Waals surface area contributed by atoms with Crippen LogP contribution in [-0.4, -0.2) is 68.8 Å². The molecule has 0 aromatic rings. The highest BCUT2D eigenvalue weighted by Crippen LogP contribution is 2.76. The highest BCUT2D eigenvalue weighted by atomic mass is 33.1. The average molecular weight is 553 g/mol. The van der Waals surface area contributed by atoms with E-state index in [1.54, 1.807) is 0 Å². The van der Waals surface area contributed by atoms with Crippen molar-refractivity contribution < 1.29 is 34.4 Å². The Labute approximate surface area is 226 Å². The van der Waals surface area contributed by atoms with E-state index in [0.29, 0.717) is 42.9 Å². The fourth-order valence-corrected chi connectivity index (χ4v) is 12.5. The van der Waals surface area contributed by atoms with Gasteiger partial charge in [0, 0.05) is 34.7 Å². The van der Waals surface area contributed by atoms with Crippen LogP contribution in [0.15, 0.2) is 12.2 Å². The Morgan fingerprint density at radius 2 is 1.97 bits per heavy atom. The number of aliphatic hydroxyl groups is 3. The summed E-state index contributed by atoms with van der Waals surface area (Å²) in [5, 5.41) is 36.1. The van der Waals surface area contributed by atoms with Crippen molar-refractivity contribution in [1.29, 1.82) is 0 Å². The van der Waals surface area contributed by atoms with Crippen molar-refractivity contribution >= 4 is 33.3 Å². The first kappa shape index (κ1) is 26.6. The second-order valence-electron chi connectivity index (χ2n) is 13.0. The number of esters is 1. The van der Waals surface area contributed by atoms with E-state index in [9.17, 15) is 24.9 Å². The number of hydrogen-bond donors (Lipinski definition) is 3. The van der Waals surface area contributed by atoms with E-state index in [-0.39, 0.29) is 30.2 Å². The summed E-state index contributed by atoms with van der Waals surface area (Å²) >= 11 is 0. The minimum atomic E-state index is -2.20. The van der Waals surface area contributed by atoms with E-state index in [2.05, 4.69) is 20.4 Å². The lowest BCUT2D eigenvalue weighted by Gasteiger charge is -2.74. The van der Waals surface area contributed by atoms with Gasteiger partial charge < -0.3 is 24.8 Å². The monoisotopic (exact) mass is 552 g/mol. The van der Waals surface area contributed by atoms with Crippen LogP contribution in [0.25, 0.3) is 0 Å². The van der Waals surface area contributed by atoms with Crippen molar-refractivity contribution in [2.75, 3.05) is 12.4 Å². The van der Waals surface area contributed by atoms with Crippen LogP contribution in [-0.2, 0) is 19.1 Å². The van der Waals surface area contributed by atoms with Crippen LogP contribution in [0, 0.1) is 34.0 Å². The number of aliphatic hydroxyl groups excluding tert-OH is 2. The van der Waals surface area contributed by atoms with Crippen molar-refractivity contribution in [3.8, 4) is 0 Å². The van der Waals surface area contributed by atoms with Gasteiger partial charge in [-0.05, 0) is 61.9 Å². The Balaban J connectivity index is 1.32. The zero-order chi connectivity index (χ0) is 26.4. The highest BCUT2D eigenvalue weighted by molar-refractivity contribution is 8.77. The van der Waals surface area contributed by atoms with Gasteiger partial charge in [-0.1, -0.05) is 48.4 Å². The van der Waals surface area contributed by atoms with Gasteiger partial charge in [0.1, 0.15) is 17.6 Å². The van der Waals surface area contributed by atoms with Crippen LogP contribution < -0.4 is 0 Å². The molecular formula is C28H40O7S2. The van der Waals surface area contributed by atoms with Crippen molar-refractivity contribution in [2.24, 2.45) is 34.0 Å². The fourth-order valence-electron chi connectivity index (χ4n) is 9.44. The third kappa shape index (κ3) is 3.37. The molecule has 37 heavy (non-hydrogen) atoms. The maximum Gasteiger partial charge on any atom is 0.306 e. The van der Waals surface area contributed by atoms with E-state index in [1.165, 1.54) is 12.2 Å². The van der Waals surface area contributed by atoms with E-state index in [0.717, 1.165) is 12.8 Å². The Morgan fingerprint density at radius 3 is 2.70 bits per heavy atom. The molecule has 3 aliphatic heterocycles. The fraction of sp³-hybridized carbons (Fsp3) is 0.857. The highest BCUT2D eigenvalue weighted by Gasteiger charge is 2.87. The molecule has 0 aromatic heterocycles. The number of carbonyl (C=O) groups excluding carboxylic acids is 2. The standard InChI is InChI=1S/C28H40O7S2/c1-15-17-8-9-18-26-14-34-28(33,23(32)21(26)25(2,3)12-10-19(26)29)27(18,22(15)31)24(17)35-20(30)7-5-4-6-16-11-13-36-37-16/h16-19,21,23-24,29,32-33H,1,4-14H2,2-3H3/t16?,17-,18-,19-,21+,23-,24+,26+,27-,28+/m0/s1. The number of ether oxygens (including phenoxy) is 2. The lowest BCUT2D eigenvalue weighted by Crippen LogP contribution is -2.85. The summed E-state index contributed by atoms with van der Waals surface area (Å²) in [7, 11) is 3.84. The normalized spacial score (nSPS) is 49.6. The third-order valence-corrected chi connectivity index (χ3v) is 14.0. The van der Waals surface area contributed by atoms with Crippen LogP contribution in [0.5, 0.6) is 0 Å². The van der Waals surface area contributed by atoms with E-state index < -0.39 is 52.7 Å². The van der Waals surface area contributed by atoms with Gasteiger partial charge in [0.25, 0.3) is 0 Å². The zero-order valence-electron chi connectivity index (χ0n) is 21.8. The molecule has 1 unspecified atom stereocenters. The van der Waals surface area contributed by atoms with Gasteiger partial charge in [0.15, 0.2) is 5.78 Å². The van der Waals surface area contributed by atoms with Gasteiger partial charge in [0.05, 0.1) is 12.7 Å². The Hall–Kier alpha value is -0.580. The molecule has 4 aliphatic carbocycles. The Morgan fingerprint density at radius 1 is 1.19 bits per heavy atom. The number of Topliss-reactive ketones (excluding diaryl/α,β-unsaturated/α-hetero) is 1. The van der Waals surface area contributed by atoms with Crippen LogP contribution in [0.3, 0.4) is 0 Å². The molecule has 0 radical (unpaired) electrons. The molecule has 2 spiro atoms. The average Bonchev–Trinajstić information content (AvgIpc) is 3.41. The predicted molar refractivity (Wildman–Crippen MR) is 141 cm³/mol. The van der Waals surface area contributed by atoms with Crippen molar-refractivity contribution in [1.82, 2.24) is 0 Å². The molecule has 4 bridgehead atoms. The molecule has 206 valence electrons. The van der Waals surface area contributed by atoms with E-state index >= 15 is 0 Å². The molecule has 4 saturated carbocycles. The molecule has 7 nitrogen and oxygen atoms in total. The first-order valence-electron chi connectivity index (χ1n) is 14.0. The third-order valence-electron chi connectivity index (χ3n) is 11.0. The minimum Gasteiger partial charge on any atom is -0.460 e. The molecule has 3 heterocycles. The largest absolute Gasteiger partial charge is 0.460 e. The number of carbonyl (C=O) groups is 2. The quantitative estimate of drug-likeness (QED) is 0.197. The van der Waals surface area contributed by atoms with E-state index in [1.807, 2.05) is 21.6 Å². The lowest BCUT2D eigenvalue weighted by atomic mass is 9.35. The lowest BCUT2D eigenvalue weighted by molar-refractivity contribution is -0.458. The Kier molecular flexibility index (Phi) is 6.45. The number of ketones is 1. The summed E-state index contributed by atoms with van der Waals surface area (Å²) in [4.78, 5) is 27.2. The van der Waals surface area contributed by atoms with Crippen LogP contribution in [0.4, 0.5) is 0 Å². The van der Waals surface area contributed by atoms with Gasteiger partial charge >= 0.3 is 5.97 Å². The molecule has 3 N–H and O–H groups in total. The number of fused-ring (bicyclic) bond motifs is 2. The topological polar surface area (TPSA) is 113 Å². The summed E-state index contributed by atoms with van der Waals surface area (Å²) in [5.74, 6) is -3.10. The molecular weight excluding hydrogens is 512 g/mol. The smallest absolute Gasteiger partial charge is 0.306 e. The molecule has 3 saturated heterocycles. The van der Waals surface area contributed by atoms with Gasteiger partial charge in [-0.3, -0.25) is 9.59 Å². The molecule has 7 aliphatic rings. The van der Waals surface area contributed by atoms with Gasteiger partial charge in [0.2, 0.25) is 5.79 Å². The number of hydrogen-bond acceptors (Lipinski definition) is 9. The van der Waals surface area contributed by atoms with Gasteiger partial charge in [-0.2, -0.15) is 0 Å². The molecule has 0 aromatic carbocycles. The number of rotatable bonds is 6. The zero-order valence-corrected chi connectivity index (χ0v) is 23.5. The van der Waals surface area contributed by atoms with Gasteiger partial charge in [-0.25, -0.2) is 0 Å². The van der Waals surface area contributed by atoms with Crippen LogP contribution in [0.2, 0.25) is 0 Å². The van der Waals surface area contributed by atoms with Crippen molar-refractivity contribution in [3.63, 3.8) is 0 Å². The van der Waals surface area contributed by atoms with Gasteiger partial charge in [-0.15, -0.1) is 0 Å². The predicted octanol–water partition coefficient (Wildman–Crippen LogP) is 3.64. The summed E-state index contributed by atoms with van der Waals surface area (Å²) in [5.41, 5.74) is -2.58. The maximum atomic E-state index is 14.1. The summed E-state index contributed by atoms with van der Waals surface area (Å²) in [6.45, 7) is 8.27.